The molecule has 122 valence electrons. The molecule has 0 saturated heterocycles. The van der Waals surface area contributed by atoms with E-state index in [1.54, 1.807) is 6.07 Å². The summed E-state index contributed by atoms with van der Waals surface area (Å²) in [6.45, 7) is 7.81. The minimum absolute atomic E-state index is 0.266. The molecule has 4 heteroatoms. The molecule has 1 N–H and O–H groups in total. The van der Waals surface area contributed by atoms with E-state index in [0.29, 0.717) is 10.8 Å². The van der Waals surface area contributed by atoms with Crippen molar-refractivity contribution in [1.82, 2.24) is 0 Å². The quantitative estimate of drug-likeness (QED) is 0.867. The molecular formula is C19H21ClO3. The summed E-state index contributed by atoms with van der Waals surface area (Å²) in [7, 11) is 0. The van der Waals surface area contributed by atoms with Crippen molar-refractivity contribution in [3.8, 4) is 5.75 Å². The maximum Gasteiger partial charge on any atom is 0.345 e. The number of carbonyl (C=O) groups is 1. The number of halogens is 1. The van der Waals surface area contributed by atoms with Crippen molar-refractivity contribution in [2.24, 2.45) is 0 Å². The van der Waals surface area contributed by atoms with Crippen molar-refractivity contribution in [2.45, 2.75) is 40.2 Å². The van der Waals surface area contributed by atoms with E-state index in [-0.39, 0.29) is 6.42 Å². The Morgan fingerprint density at radius 2 is 1.83 bits per heavy atom. The molecule has 0 radical (unpaired) electrons. The summed E-state index contributed by atoms with van der Waals surface area (Å²) in [6, 6.07) is 9.50. The number of aryl methyl sites for hydroxylation is 3. The van der Waals surface area contributed by atoms with Crippen molar-refractivity contribution >= 4 is 17.6 Å². The highest BCUT2D eigenvalue weighted by molar-refractivity contribution is 6.31. The lowest BCUT2D eigenvalue weighted by molar-refractivity contribution is -0.145. The monoisotopic (exact) mass is 332 g/mol. The highest BCUT2D eigenvalue weighted by Crippen LogP contribution is 2.26. The number of aliphatic carboxylic acids is 1. The predicted molar refractivity (Wildman–Crippen MR) is 92.6 cm³/mol. The van der Waals surface area contributed by atoms with E-state index in [2.05, 4.69) is 6.07 Å². The van der Waals surface area contributed by atoms with Gasteiger partial charge in [-0.25, -0.2) is 4.79 Å². The van der Waals surface area contributed by atoms with Gasteiger partial charge in [0.05, 0.1) is 0 Å². The molecule has 1 atom stereocenters. The number of carboxylic acids is 1. The summed E-state index contributed by atoms with van der Waals surface area (Å²) in [4.78, 5) is 11.6. The molecule has 0 saturated carbocycles. The lowest BCUT2D eigenvalue weighted by atomic mass is 10.0. The predicted octanol–water partition coefficient (Wildman–Crippen LogP) is 4.65. The first-order valence-corrected chi connectivity index (χ1v) is 7.88. The van der Waals surface area contributed by atoms with Gasteiger partial charge in [0.15, 0.2) is 6.10 Å². The van der Waals surface area contributed by atoms with Gasteiger partial charge < -0.3 is 9.84 Å². The lowest BCUT2D eigenvalue weighted by Gasteiger charge is -2.18. The van der Waals surface area contributed by atoms with Crippen LogP contribution < -0.4 is 4.74 Å². The highest BCUT2D eigenvalue weighted by Gasteiger charge is 2.21. The number of benzene rings is 2. The van der Waals surface area contributed by atoms with Crippen LogP contribution in [-0.4, -0.2) is 17.2 Å². The van der Waals surface area contributed by atoms with Gasteiger partial charge in [-0.05, 0) is 67.6 Å². The molecule has 0 aliphatic carbocycles. The van der Waals surface area contributed by atoms with Crippen LogP contribution >= 0.6 is 11.6 Å². The molecule has 1 unspecified atom stereocenters. The Morgan fingerprint density at radius 3 is 2.43 bits per heavy atom. The maximum absolute atomic E-state index is 11.6. The largest absolute Gasteiger partial charge is 0.478 e. The second kappa shape index (κ2) is 7.05. The van der Waals surface area contributed by atoms with Gasteiger partial charge in [0.2, 0.25) is 0 Å². The molecule has 2 rings (SSSR count). The molecule has 23 heavy (non-hydrogen) atoms. The van der Waals surface area contributed by atoms with Gasteiger partial charge in [-0.1, -0.05) is 29.8 Å². The van der Waals surface area contributed by atoms with Crippen LogP contribution in [0.25, 0.3) is 0 Å². The Morgan fingerprint density at radius 1 is 1.13 bits per heavy atom. The van der Waals surface area contributed by atoms with Crippen molar-refractivity contribution in [1.29, 1.82) is 0 Å². The van der Waals surface area contributed by atoms with E-state index < -0.39 is 12.1 Å². The zero-order chi connectivity index (χ0) is 17.1. The second-order valence-corrected chi connectivity index (χ2v) is 6.34. The molecule has 0 aliphatic rings. The fraction of sp³-hybridized carbons (Fsp3) is 0.316. The van der Waals surface area contributed by atoms with Gasteiger partial charge in [-0.15, -0.1) is 0 Å². The Balaban J connectivity index is 2.26. The SMILES string of the molecule is Cc1cc(C)c(C)c(OC(Cc2ccc(C)c(Cl)c2)C(=O)O)c1. The smallest absolute Gasteiger partial charge is 0.345 e. The van der Waals surface area contributed by atoms with E-state index in [0.717, 1.165) is 27.8 Å². The van der Waals surface area contributed by atoms with Crippen LogP contribution in [0.2, 0.25) is 5.02 Å². The van der Waals surface area contributed by atoms with Crippen LogP contribution in [0.4, 0.5) is 0 Å². The van der Waals surface area contributed by atoms with Gasteiger partial charge in [-0.2, -0.15) is 0 Å². The third kappa shape index (κ3) is 4.26. The molecule has 0 bridgehead atoms. The van der Waals surface area contributed by atoms with E-state index in [4.69, 9.17) is 16.3 Å². The van der Waals surface area contributed by atoms with E-state index >= 15 is 0 Å². The third-order valence-electron chi connectivity index (χ3n) is 3.97. The van der Waals surface area contributed by atoms with E-state index in [1.807, 2.05) is 45.9 Å². The first-order chi connectivity index (χ1) is 10.8. The summed E-state index contributed by atoms with van der Waals surface area (Å²) in [6.07, 6.45) is -0.685. The topological polar surface area (TPSA) is 46.5 Å². The zero-order valence-corrected chi connectivity index (χ0v) is 14.6. The fourth-order valence-corrected chi connectivity index (χ4v) is 2.64. The van der Waals surface area contributed by atoms with Gasteiger partial charge >= 0.3 is 5.97 Å². The fourth-order valence-electron chi connectivity index (χ4n) is 2.43. The van der Waals surface area contributed by atoms with Crippen LogP contribution in [0.15, 0.2) is 30.3 Å². The van der Waals surface area contributed by atoms with Crippen LogP contribution in [0.1, 0.15) is 27.8 Å². The molecule has 0 aliphatic heterocycles. The average Bonchev–Trinajstić information content (AvgIpc) is 2.47. The van der Waals surface area contributed by atoms with Crippen LogP contribution in [-0.2, 0) is 11.2 Å². The van der Waals surface area contributed by atoms with Gasteiger partial charge in [0.1, 0.15) is 5.75 Å². The first-order valence-electron chi connectivity index (χ1n) is 7.50. The summed E-state index contributed by atoms with van der Waals surface area (Å²) < 4.78 is 5.80. The van der Waals surface area contributed by atoms with Crippen molar-refractivity contribution in [2.75, 3.05) is 0 Å². The Kier molecular flexibility index (Phi) is 5.32. The summed E-state index contributed by atoms with van der Waals surface area (Å²) in [5.74, 6) is -0.367. The zero-order valence-electron chi connectivity index (χ0n) is 13.8. The molecule has 0 aromatic heterocycles. The number of carboxylic acid groups (broad SMARTS) is 1. The van der Waals surface area contributed by atoms with Gasteiger partial charge in [-0.3, -0.25) is 0 Å². The van der Waals surface area contributed by atoms with Crippen molar-refractivity contribution in [3.05, 3.63) is 63.2 Å². The molecule has 2 aromatic rings. The molecule has 0 fully saturated rings. The number of hydrogen-bond acceptors (Lipinski definition) is 2. The molecule has 0 spiro atoms. The van der Waals surface area contributed by atoms with Gasteiger partial charge in [0.25, 0.3) is 0 Å². The standard InChI is InChI=1S/C19H21ClO3/c1-11-7-13(3)14(4)17(8-11)23-18(19(21)22)10-15-6-5-12(2)16(20)9-15/h5-9,18H,10H2,1-4H3,(H,21,22). The number of rotatable bonds is 5. The summed E-state index contributed by atoms with van der Waals surface area (Å²) in [5, 5.41) is 10.1. The first kappa shape index (κ1) is 17.4. The molecular weight excluding hydrogens is 312 g/mol. The Labute approximate surface area is 141 Å². The van der Waals surface area contributed by atoms with Crippen LogP contribution in [0, 0.1) is 27.7 Å². The highest BCUT2D eigenvalue weighted by atomic mass is 35.5. The molecule has 0 amide bonds. The van der Waals surface area contributed by atoms with E-state index in [9.17, 15) is 9.90 Å². The van der Waals surface area contributed by atoms with Crippen LogP contribution in [0.3, 0.4) is 0 Å². The lowest BCUT2D eigenvalue weighted by Crippen LogP contribution is -2.29. The average molecular weight is 333 g/mol. The normalized spacial score (nSPS) is 12.0. The van der Waals surface area contributed by atoms with E-state index in [1.165, 1.54) is 0 Å². The number of hydrogen-bond donors (Lipinski definition) is 1. The Bertz CT molecular complexity index is 738. The van der Waals surface area contributed by atoms with Crippen molar-refractivity contribution in [3.63, 3.8) is 0 Å². The molecule has 3 nitrogen and oxygen atoms in total. The third-order valence-corrected chi connectivity index (χ3v) is 4.37. The Hall–Kier alpha value is -2.00. The summed E-state index contributed by atoms with van der Waals surface area (Å²) in [5.41, 5.74) is 4.90. The maximum atomic E-state index is 11.6. The van der Waals surface area contributed by atoms with Crippen LogP contribution in [0.5, 0.6) is 5.75 Å². The van der Waals surface area contributed by atoms with Gasteiger partial charge in [0, 0.05) is 11.4 Å². The van der Waals surface area contributed by atoms with Crippen molar-refractivity contribution < 1.29 is 14.6 Å². The minimum Gasteiger partial charge on any atom is -0.478 e. The number of ether oxygens (including phenoxy) is 1. The molecule has 2 aromatic carbocycles. The molecule has 0 heterocycles. The summed E-state index contributed by atoms with van der Waals surface area (Å²) >= 11 is 6.12. The second-order valence-electron chi connectivity index (χ2n) is 5.94. The minimum atomic E-state index is -0.986.